The molecular formula is C12H21N3. The number of hydrogen-bond acceptors (Lipinski definition) is 2. The van der Waals surface area contributed by atoms with E-state index < -0.39 is 0 Å². The van der Waals surface area contributed by atoms with E-state index in [0.29, 0.717) is 0 Å². The van der Waals surface area contributed by atoms with E-state index in [-0.39, 0.29) is 6.04 Å². The average molecular weight is 207 g/mol. The first-order chi connectivity index (χ1) is 7.09. The molecule has 0 spiro atoms. The Labute approximate surface area is 91.7 Å². The number of hydrogen-bond donors (Lipinski definition) is 1. The summed E-state index contributed by atoms with van der Waals surface area (Å²) in [5.74, 6) is 0.965. The fourth-order valence-electron chi connectivity index (χ4n) is 2.30. The van der Waals surface area contributed by atoms with Crippen molar-refractivity contribution in [2.45, 2.75) is 52.6 Å². The van der Waals surface area contributed by atoms with Gasteiger partial charge in [-0.3, -0.25) is 4.68 Å². The van der Waals surface area contributed by atoms with Crippen molar-refractivity contribution in [2.75, 3.05) is 0 Å². The second kappa shape index (κ2) is 3.97. The van der Waals surface area contributed by atoms with Crippen LogP contribution in [0.3, 0.4) is 0 Å². The second-order valence-corrected chi connectivity index (χ2v) is 4.83. The van der Waals surface area contributed by atoms with Crippen molar-refractivity contribution < 1.29 is 0 Å². The normalized spacial score (nSPS) is 18.1. The Morgan fingerprint density at radius 2 is 2.13 bits per heavy atom. The molecule has 0 saturated heterocycles. The maximum atomic E-state index is 5.94. The van der Waals surface area contributed by atoms with Crippen molar-refractivity contribution in [1.29, 1.82) is 0 Å². The quantitative estimate of drug-likeness (QED) is 0.823. The monoisotopic (exact) mass is 207 g/mol. The van der Waals surface area contributed by atoms with Gasteiger partial charge in [-0.05, 0) is 33.1 Å². The molecule has 0 amide bonds. The highest BCUT2D eigenvalue weighted by atomic mass is 15.3. The third-order valence-corrected chi connectivity index (χ3v) is 3.34. The highest BCUT2D eigenvalue weighted by molar-refractivity contribution is 5.27. The molecule has 0 aliphatic heterocycles. The van der Waals surface area contributed by atoms with Gasteiger partial charge in [0, 0.05) is 23.8 Å². The smallest absolute Gasteiger partial charge is 0.0644 e. The van der Waals surface area contributed by atoms with Gasteiger partial charge >= 0.3 is 0 Å². The van der Waals surface area contributed by atoms with Crippen LogP contribution in [-0.4, -0.2) is 9.78 Å². The van der Waals surface area contributed by atoms with Gasteiger partial charge in [-0.15, -0.1) is 0 Å². The zero-order valence-electron chi connectivity index (χ0n) is 9.95. The predicted octanol–water partition coefficient (Wildman–Crippen LogP) is 2.32. The lowest BCUT2D eigenvalue weighted by Crippen LogP contribution is -2.08. The first-order valence-electron chi connectivity index (χ1n) is 5.89. The van der Waals surface area contributed by atoms with Crippen molar-refractivity contribution in [3.63, 3.8) is 0 Å². The Bertz CT molecular complexity index is 348. The van der Waals surface area contributed by atoms with Gasteiger partial charge < -0.3 is 5.73 Å². The lowest BCUT2D eigenvalue weighted by molar-refractivity contribution is 0.532. The van der Waals surface area contributed by atoms with E-state index in [2.05, 4.69) is 23.6 Å². The maximum Gasteiger partial charge on any atom is 0.0644 e. The number of rotatable bonds is 4. The van der Waals surface area contributed by atoms with Crippen LogP contribution >= 0.6 is 0 Å². The van der Waals surface area contributed by atoms with Gasteiger partial charge in [0.15, 0.2) is 0 Å². The number of aromatic nitrogens is 2. The third kappa shape index (κ3) is 2.23. The minimum atomic E-state index is 0.0969. The second-order valence-electron chi connectivity index (χ2n) is 4.83. The minimum Gasteiger partial charge on any atom is -0.324 e. The molecule has 3 heteroatoms. The summed E-state index contributed by atoms with van der Waals surface area (Å²) in [6, 6.07) is 0.0969. The van der Waals surface area contributed by atoms with Crippen molar-refractivity contribution in [3.05, 3.63) is 17.0 Å². The molecule has 1 aromatic rings. The van der Waals surface area contributed by atoms with E-state index in [0.717, 1.165) is 18.2 Å². The van der Waals surface area contributed by atoms with Gasteiger partial charge in [0.2, 0.25) is 0 Å². The number of nitrogens with zero attached hydrogens (tertiary/aromatic N) is 2. The summed E-state index contributed by atoms with van der Waals surface area (Å²) in [7, 11) is 0. The zero-order chi connectivity index (χ0) is 11.0. The van der Waals surface area contributed by atoms with Gasteiger partial charge in [-0.2, -0.15) is 5.10 Å². The molecule has 1 aliphatic carbocycles. The summed E-state index contributed by atoms with van der Waals surface area (Å²) < 4.78 is 2.13. The highest BCUT2D eigenvalue weighted by Gasteiger charge is 2.22. The molecule has 2 rings (SSSR count). The molecule has 0 aromatic carbocycles. The Morgan fingerprint density at radius 1 is 1.47 bits per heavy atom. The van der Waals surface area contributed by atoms with Crippen LogP contribution in [0, 0.1) is 19.8 Å². The maximum absolute atomic E-state index is 5.94. The summed E-state index contributed by atoms with van der Waals surface area (Å²) in [5.41, 5.74) is 9.52. The lowest BCUT2D eigenvalue weighted by Gasteiger charge is -2.07. The molecule has 1 fully saturated rings. The van der Waals surface area contributed by atoms with Crippen LogP contribution in [0.4, 0.5) is 0 Å². The summed E-state index contributed by atoms with van der Waals surface area (Å²) in [6.45, 7) is 7.28. The molecule has 2 N–H and O–H groups in total. The van der Waals surface area contributed by atoms with Gasteiger partial charge in [-0.1, -0.05) is 12.8 Å². The van der Waals surface area contributed by atoms with Crippen LogP contribution in [0.25, 0.3) is 0 Å². The van der Waals surface area contributed by atoms with E-state index in [1.54, 1.807) is 0 Å². The Hall–Kier alpha value is -0.830. The molecule has 1 aromatic heterocycles. The van der Waals surface area contributed by atoms with E-state index in [9.17, 15) is 0 Å². The topological polar surface area (TPSA) is 43.8 Å². The Morgan fingerprint density at radius 3 is 2.60 bits per heavy atom. The van der Waals surface area contributed by atoms with Gasteiger partial charge in [0.25, 0.3) is 0 Å². The molecule has 1 aliphatic rings. The minimum absolute atomic E-state index is 0.0969. The van der Waals surface area contributed by atoms with E-state index in [1.807, 2.05) is 6.92 Å². The molecule has 84 valence electrons. The molecule has 0 radical (unpaired) electrons. The van der Waals surface area contributed by atoms with Crippen LogP contribution in [-0.2, 0) is 6.54 Å². The molecule has 1 unspecified atom stereocenters. The fourth-order valence-corrected chi connectivity index (χ4v) is 2.30. The summed E-state index contributed by atoms with van der Waals surface area (Å²) >= 11 is 0. The van der Waals surface area contributed by atoms with Crippen LogP contribution < -0.4 is 5.73 Å². The largest absolute Gasteiger partial charge is 0.324 e. The molecule has 1 atom stereocenters. The molecule has 0 bridgehead atoms. The van der Waals surface area contributed by atoms with Gasteiger partial charge in [-0.25, -0.2) is 0 Å². The predicted molar refractivity (Wildman–Crippen MR) is 61.6 cm³/mol. The Kier molecular flexibility index (Phi) is 2.83. The number of nitrogens with two attached hydrogens (primary N) is 1. The van der Waals surface area contributed by atoms with Crippen LogP contribution in [0.1, 0.15) is 49.2 Å². The molecule has 1 heterocycles. The molecular weight excluding hydrogens is 186 g/mol. The summed E-state index contributed by atoms with van der Waals surface area (Å²) in [4.78, 5) is 0. The van der Waals surface area contributed by atoms with E-state index >= 15 is 0 Å². The van der Waals surface area contributed by atoms with Crippen LogP contribution in [0.5, 0.6) is 0 Å². The Balaban J connectivity index is 2.12. The number of aryl methyl sites for hydroxylation is 2. The molecule has 15 heavy (non-hydrogen) atoms. The van der Waals surface area contributed by atoms with Gasteiger partial charge in [0.05, 0.1) is 5.69 Å². The van der Waals surface area contributed by atoms with E-state index in [4.69, 9.17) is 5.73 Å². The van der Waals surface area contributed by atoms with Crippen molar-refractivity contribution in [3.8, 4) is 0 Å². The van der Waals surface area contributed by atoms with E-state index in [1.165, 1.54) is 30.5 Å². The molecule has 3 nitrogen and oxygen atoms in total. The highest BCUT2D eigenvalue weighted by Crippen LogP contribution is 2.33. The molecule has 1 saturated carbocycles. The van der Waals surface area contributed by atoms with Crippen molar-refractivity contribution in [1.82, 2.24) is 9.78 Å². The van der Waals surface area contributed by atoms with Crippen LogP contribution in [0.2, 0.25) is 0 Å². The summed E-state index contributed by atoms with van der Waals surface area (Å²) in [6.07, 6.45) is 4.11. The van der Waals surface area contributed by atoms with Crippen LogP contribution in [0.15, 0.2) is 0 Å². The van der Waals surface area contributed by atoms with Crippen molar-refractivity contribution in [2.24, 2.45) is 11.7 Å². The standard InChI is InChI=1S/C12H21N3/c1-8(13)12-9(2)14-15(10(12)3)7-6-11-4-5-11/h8,11H,4-7,13H2,1-3H3. The zero-order valence-corrected chi connectivity index (χ0v) is 9.95. The SMILES string of the molecule is Cc1nn(CCC2CC2)c(C)c1C(C)N. The lowest BCUT2D eigenvalue weighted by atomic mass is 10.1. The fraction of sp³-hybridized carbons (Fsp3) is 0.750. The average Bonchev–Trinajstić information content (AvgIpc) is 2.90. The first-order valence-corrected chi connectivity index (χ1v) is 5.89. The first kappa shape index (κ1) is 10.7. The third-order valence-electron chi connectivity index (χ3n) is 3.34. The summed E-state index contributed by atoms with van der Waals surface area (Å²) in [5, 5.41) is 4.57. The van der Waals surface area contributed by atoms with Crippen molar-refractivity contribution >= 4 is 0 Å². The van der Waals surface area contributed by atoms with Gasteiger partial charge in [0.1, 0.15) is 0 Å².